The minimum Gasteiger partial charge on any atom is -0.323 e. The molecule has 1 atom stereocenters. The maximum absolute atomic E-state index is 13.9. The van der Waals surface area contributed by atoms with Crippen molar-refractivity contribution in [1.29, 1.82) is 0 Å². The van der Waals surface area contributed by atoms with Crippen molar-refractivity contribution < 1.29 is 17.6 Å². The van der Waals surface area contributed by atoms with Gasteiger partial charge in [0.1, 0.15) is 10.7 Å². The lowest BCUT2D eigenvalue weighted by atomic mass is 10.1. The molecule has 0 aliphatic rings. The number of rotatable bonds is 7. The second kappa shape index (κ2) is 9.12. The molecule has 1 heterocycles. The number of benzene rings is 2. The minimum atomic E-state index is -4.02. The van der Waals surface area contributed by atoms with Crippen LogP contribution in [0.4, 0.5) is 10.1 Å². The molecule has 0 aliphatic heterocycles. The van der Waals surface area contributed by atoms with Gasteiger partial charge in [0, 0.05) is 43.3 Å². The first-order valence-corrected chi connectivity index (χ1v) is 10.5. The standard InChI is InChI=1S/C21H21FN4O3S/c1-26(30(28,29)20-5-3-2-4-18(20)22)14-19(23)15-6-8-16(9-7-15)21(27)25-17-10-12-24-13-11-17/h2-13,19H,14,23H2,1H3,(H,24,25,27). The van der Waals surface area contributed by atoms with Crippen molar-refractivity contribution in [3.8, 4) is 0 Å². The van der Waals surface area contributed by atoms with Crippen molar-refractivity contribution in [2.45, 2.75) is 10.9 Å². The Morgan fingerprint density at radius 2 is 1.73 bits per heavy atom. The van der Waals surface area contributed by atoms with Gasteiger partial charge in [0.15, 0.2) is 0 Å². The molecular formula is C21H21FN4O3S. The zero-order chi connectivity index (χ0) is 21.7. The molecule has 0 saturated carbocycles. The Morgan fingerprint density at radius 3 is 2.37 bits per heavy atom. The molecule has 3 N–H and O–H groups in total. The summed E-state index contributed by atoms with van der Waals surface area (Å²) in [6.45, 7) is -0.0563. The second-order valence-electron chi connectivity index (χ2n) is 6.63. The molecule has 0 bridgehead atoms. The van der Waals surface area contributed by atoms with E-state index in [0.717, 1.165) is 10.4 Å². The van der Waals surface area contributed by atoms with Gasteiger partial charge in [-0.15, -0.1) is 0 Å². The number of halogens is 1. The SMILES string of the molecule is CN(CC(N)c1ccc(C(=O)Nc2ccncc2)cc1)S(=O)(=O)c1ccccc1F. The Morgan fingerprint density at radius 1 is 1.10 bits per heavy atom. The van der Waals surface area contributed by atoms with E-state index in [4.69, 9.17) is 5.73 Å². The highest BCUT2D eigenvalue weighted by Gasteiger charge is 2.26. The maximum Gasteiger partial charge on any atom is 0.255 e. The summed E-state index contributed by atoms with van der Waals surface area (Å²) < 4.78 is 40.1. The van der Waals surface area contributed by atoms with Crippen LogP contribution in [0.15, 0.2) is 78.0 Å². The Hall–Kier alpha value is -3.14. The van der Waals surface area contributed by atoms with E-state index in [2.05, 4.69) is 10.3 Å². The van der Waals surface area contributed by atoms with Gasteiger partial charge in [0.2, 0.25) is 10.0 Å². The number of amides is 1. The van der Waals surface area contributed by atoms with E-state index in [9.17, 15) is 17.6 Å². The average Bonchev–Trinajstić information content (AvgIpc) is 2.74. The molecule has 2 aromatic carbocycles. The van der Waals surface area contributed by atoms with E-state index < -0.39 is 26.8 Å². The fraction of sp³-hybridized carbons (Fsp3) is 0.143. The molecule has 9 heteroatoms. The number of hydrogen-bond acceptors (Lipinski definition) is 5. The molecule has 0 aliphatic carbocycles. The number of hydrogen-bond donors (Lipinski definition) is 2. The molecule has 0 radical (unpaired) electrons. The van der Waals surface area contributed by atoms with E-state index >= 15 is 0 Å². The largest absolute Gasteiger partial charge is 0.323 e. The van der Waals surface area contributed by atoms with E-state index in [1.165, 1.54) is 25.2 Å². The molecule has 1 aromatic heterocycles. The molecule has 0 spiro atoms. The summed E-state index contributed by atoms with van der Waals surface area (Å²) in [5, 5.41) is 2.75. The molecule has 7 nitrogen and oxygen atoms in total. The predicted octanol–water partition coefficient (Wildman–Crippen LogP) is 2.79. The number of nitrogens with one attached hydrogen (secondary N) is 1. The van der Waals surface area contributed by atoms with Crippen molar-refractivity contribution in [3.05, 3.63) is 90.0 Å². The predicted molar refractivity (Wildman–Crippen MR) is 112 cm³/mol. The van der Waals surface area contributed by atoms with Crippen LogP contribution in [0, 0.1) is 5.82 Å². The van der Waals surface area contributed by atoms with E-state index in [-0.39, 0.29) is 12.5 Å². The number of nitrogens with two attached hydrogens (primary N) is 1. The lowest BCUT2D eigenvalue weighted by molar-refractivity contribution is 0.102. The lowest BCUT2D eigenvalue weighted by Crippen LogP contribution is -2.34. The Labute approximate surface area is 174 Å². The van der Waals surface area contributed by atoms with Crippen LogP contribution in [0.3, 0.4) is 0 Å². The van der Waals surface area contributed by atoms with Crippen LogP contribution in [0.2, 0.25) is 0 Å². The van der Waals surface area contributed by atoms with Crippen molar-refractivity contribution in [3.63, 3.8) is 0 Å². The number of pyridine rings is 1. The van der Waals surface area contributed by atoms with E-state index in [1.54, 1.807) is 48.8 Å². The van der Waals surface area contributed by atoms with Gasteiger partial charge in [-0.3, -0.25) is 9.78 Å². The summed E-state index contributed by atoms with van der Waals surface area (Å²) in [7, 11) is -2.67. The van der Waals surface area contributed by atoms with Gasteiger partial charge in [0.05, 0.1) is 0 Å². The molecule has 156 valence electrons. The quantitative estimate of drug-likeness (QED) is 0.602. The molecule has 3 aromatic rings. The highest BCUT2D eigenvalue weighted by atomic mass is 32.2. The van der Waals surface area contributed by atoms with Crippen LogP contribution in [0.5, 0.6) is 0 Å². The number of nitrogens with zero attached hydrogens (tertiary/aromatic N) is 2. The first-order valence-electron chi connectivity index (χ1n) is 9.07. The third-order valence-corrected chi connectivity index (χ3v) is 6.37. The van der Waals surface area contributed by atoms with Gasteiger partial charge in [-0.05, 0) is 42.0 Å². The van der Waals surface area contributed by atoms with Crippen LogP contribution < -0.4 is 11.1 Å². The fourth-order valence-electron chi connectivity index (χ4n) is 2.82. The summed E-state index contributed by atoms with van der Waals surface area (Å²) in [6, 6.07) is 14.4. The molecule has 0 fully saturated rings. The molecular weight excluding hydrogens is 407 g/mol. The third kappa shape index (κ3) is 4.88. The van der Waals surface area contributed by atoms with Crippen LogP contribution >= 0.6 is 0 Å². The van der Waals surface area contributed by atoms with Gasteiger partial charge in [-0.1, -0.05) is 24.3 Å². The third-order valence-electron chi connectivity index (χ3n) is 4.52. The fourth-order valence-corrected chi connectivity index (χ4v) is 4.08. The Balaban J connectivity index is 1.68. The summed E-state index contributed by atoms with van der Waals surface area (Å²) in [5.41, 5.74) is 7.84. The zero-order valence-corrected chi connectivity index (χ0v) is 17.0. The van der Waals surface area contributed by atoms with Crippen LogP contribution in [0.1, 0.15) is 22.0 Å². The molecule has 0 saturated heterocycles. The van der Waals surface area contributed by atoms with Crippen LogP contribution in [-0.4, -0.2) is 37.2 Å². The number of sulfonamides is 1. The van der Waals surface area contributed by atoms with Crippen molar-refractivity contribution in [1.82, 2.24) is 9.29 Å². The second-order valence-corrected chi connectivity index (χ2v) is 8.65. The normalized spacial score (nSPS) is 12.5. The van der Waals surface area contributed by atoms with Crippen molar-refractivity contribution in [2.24, 2.45) is 5.73 Å². The summed E-state index contributed by atoms with van der Waals surface area (Å²) in [5.74, 6) is -1.11. The first-order chi connectivity index (χ1) is 14.3. The average molecular weight is 428 g/mol. The Kier molecular flexibility index (Phi) is 6.56. The Bertz CT molecular complexity index is 1120. The smallest absolute Gasteiger partial charge is 0.255 e. The summed E-state index contributed by atoms with van der Waals surface area (Å²) >= 11 is 0. The van der Waals surface area contributed by atoms with Crippen LogP contribution in [-0.2, 0) is 10.0 Å². The van der Waals surface area contributed by atoms with Crippen molar-refractivity contribution >= 4 is 21.6 Å². The van der Waals surface area contributed by atoms with Crippen molar-refractivity contribution in [2.75, 3.05) is 18.9 Å². The summed E-state index contributed by atoms with van der Waals surface area (Å²) in [6.07, 6.45) is 3.15. The van der Waals surface area contributed by atoms with Crippen LogP contribution in [0.25, 0.3) is 0 Å². The van der Waals surface area contributed by atoms with Gasteiger partial charge >= 0.3 is 0 Å². The molecule has 3 rings (SSSR count). The van der Waals surface area contributed by atoms with Gasteiger partial charge < -0.3 is 11.1 Å². The van der Waals surface area contributed by atoms with E-state index in [0.29, 0.717) is 16.8 Å². The zero-order valence-electron chi connectivity index (χ0n) is 16.2. The first kappa shape index (κ1) is 21.6. The number of carbonyl (C=O) groups excluding carboxylic acids is 1. The molecule has 1 amide bonds. The van der Waals surface area contributed by atoms with Gasteiger partial charge in [-0.2, -0.15) is 4.31 Å². The number of likely N-dealkylation sites (N-methyl/N-ethyl adjacent to an activating group) is 1. The van der Waals surface area contributed by atoms with Gasteiger partial charge in [0.25, 0.3) is 5.91 Å². The number of anilines is 1. The topological polar surface area (TPSA) is 105 Å². The maximum atomic E-state index is 13.9. The van der Waals surface area contributed by atoms with E-state index in [1.807, 2.05) is 0 Å². The number of aromatic nitrogens is 1. The van der Waals surface area contributed by atoms with Gasteiger partial charge in [-0.25, -0.2) is 12.8 Å². The minimum absolute atomic E-state index is 0.0563. The molecule has 1 unspecified atom stereocenters. The lowest BCUT2D eigenvalue weighted by Gasteiger charge is -2.22. The summed E-state index contributed by atoms with van der Waals surface area (Å²) in [4.78, 5) is 15.8. The monoisotopic (exact) mass is 428 g/mol. The highest BCUT2D eigenvalue weighted by Crippen LogP contribution is 2.21. The number of carbonyl (C=O) groups is 1. The molecule has 30 heavy (non-hydrogen) atoms. The highest BCUT2D eigenvalue weighted by molar-refractivity contribution is 7.89.